The van der Waals surface area contributed by atoms with Crippen LogP contribution in [0.4, 0.5) is 5.69 Å². The fourth-order valence-electron chi connectivity index (χ4n) is 3.42. The SMILES string of the molecule is Cl.Cl.O=c1[nH]c2cc(CN3CCOCC3)ccc2c2c1CCCN2. The zero-order valence-corrected chi connectivity index (χ0v) is 15.1. The van der Waals surface area contributed by atoms with E-state index in [0.29, 0.717) is 0 Å². The zero-order valence-electron chi connectivity index (χ0n) is 13.5. The Morgan fingerprint density at radius 3 is 2.75 bits per heavy atom. The largest absolute Gasteiger partial charge is 0.384 e. The van der Waals surface area contributed by atoms with Crippen LogP contribution >= 0.6 is 24.8 Å². The number of aromatic nitrogens is 1. The fourth-order valence-corrected chi connectivity index (χ4v) is 3.42. The van der Waals surface area contributed by atoms with Crippen molar-refractivity contribution in [3.8, 4) is 0 Å². The first-order chi connectivity index (χ1) is 10.8. The zero-order chi connectivity index (χ0) is 14.9. The highest BCUT2D eigenvalue weighted by Gasteiger charge is 2.17. The van der Waals surface area contributed by atoms with Gasteiger partial charge in [-0.3, -0.25) is 9.69 Å². The van der Waals surface area contributed by atoms with Gasteiger partial charge in [0.2, 0.25) is 0 Å². The molecule has 2 aromatic rings. The van der Waals surface area contributed by atoms with E-state index in [2.05, 4.69) is 33.4 Å². The van der Waals surface area contributed by atoms with Crippen LogP contribution in [0, 0.1) is 0 Å². The van der Waals surface area contributed by atoms with E-state index >= 15 is 0 Å². The Morgan fingerprint density at radius 1 is 1.17 bits per heavy atom. The summed E-state index contributed by atoms with van der Waals surface area (Å²) in [5.74, 6) is 0. The highest BCUT2D eigenvalue weighted by atomic mass is 35.5. The number of morpholine rings is 1. The van der Waals surface area contributed by atoms with E-state index in [4.69, 9.17) is 4.74 Å². The number of hydrogen-bond acceptors (Lipinski definition) is 4. The highest BCUT2D eigenvalue weighted by Crippen LogP contribution is 2.28. The van der Waals surface area contributed by atoms with Crippen molar-refractivity contribution in [1.82, 2.24) is 9.88 Å². The van der Waals surface area contributed by atoms with Gasteiger partial charge in [-0.05, 0) is 24.5 Å². The molecule has 1 fully saturated rings. The van der Waals surface area contributed by atoms with Gasteiger partial charge in [0.05, 0.1) is 24.4 Å². The van der Waals surface area contributed by atoms with E-state index < -0.39 is 0 Å². The lowest BCUT2D eigenvalue weighted by Crippen LogP contribution is -2.35. The fraction of sp³-hybridized carbons (Fsp3) is 0.471. The molecule has 0 unspecified atom stereocenters. The van der Waals surface area contributed by atoms with Crippen LogP contribution in [0.5, 0.6) is 0 Å². The van der Waals surface area contributed by atoms with Crippen LogP contribution < -0.4 is 10.9 Å². The molecule has 3 heterocycles. The number of pyridine rings is 1. The molecule has 0 spiro atoms. The summed E-state index contributed by atoms with van der Waals surface area (Å²) in [6.45, 7) is 5.41. The summed E-state index contributed by atoms with van der Waals surface area (Å²) < 4.78 is 5.39. The maximum absolute atomic E-state index is 12.3. The number of benzene rings is 1. The maximum atomic E-state index is 12.3. The van der Waals surface area contributed by atoms with Crippen LogP contribution in [0.3, 0.4) is 0 Å². The smallest absolute Gasteiger partial charge is 0.253 e. The Balaban J connectivity index is 0.00000104. The van der Waals surface area contributed by atoms with Gasteiger partial charge in [0.15, 0.2) is 0 Å². The van der Waals surface area contributed by atoms with Crippen LogP contribution in [-0.2, 0) is 17.7 Å². The number of aromatic amines is 1. The summed E-state index contributed by atoms with van der Waals surface area (Å²) in [5.41, 5.74) is 4.16. The van der Waals surface area contributed by atoms with Crippen molar-refractivity contribution < 1.29 is 4.74 Å². The normalized spacial score (nSPS) is 17.3. The average Bonchev–Trinajstić information content (AvgIpc) is 2.56. The standard InChI is InChI=1S/C17H21N3O2.2ClH/c21-17-14-2-1-5-18-16(14)13-4-3-12(10-15(13)19-17)11-20-6-8-22-9-7-20;;/h3-4,10,18H,1-2,5-9,11H2,(H,19,21);2*1H. The van der Waals surface area contributed by atoms with E-state index in [1.165, 1.54) is 5.56 Å². The molecule has 2 aliphatic rings. The van der Waals surface area contributed by atoms with E-state index in [-0.39, 0.29) is 30.4 Å². The first kappa shape index (κ1) is 19.1. The molecule has 0 aliphatic carbocycles. The van der Waals surface area contributed by atoms with Gasteiger partial charge in [-0.2, -0.15) is 0 Å². The van der Waals surface area contributed by atoms with E-state index in [9.17, 15) is 4.79 Å². The predicted molar refractivity (Wildman–Crippen MR) is 102 cm³/mol. The molecular formula is C17H23Cl2N3O2. The first-order valence-corrected chi connectivity index (χ1v) is 8.03. The van der Waals surface area contributed by atoms with Crippen molar-refractivity contribution >= 4 is 41.4 Å². The van der Waals surface area contributed by atoms with Crippen LogP contribution in [0.15, 0.2) is 23.0 Å². The molecule has 2 aliphatic heterocycles. The lowest BCUT2D eigenvalue weighted by atomic mass is 10.0. The lowest BCUT2D eigenvalue weighted by molar-refractivity contribution is 0.0342. The summed E-state index contributed by atoms with van der Waals surface area (Å²) >= 11 is 0. The molecule has 0 radical (unpaired) electrons. The van der Waals surface area contributed by atoms with Gasteiger partial charge >= 0.3 is 0 Å². The summed E-state index contributed by atoms with van der Waals surface area (Å²) in [7, 11) is 0. The quantitative estimate of drug-likeness (QED) is 0.851. The Hall–Kier alpha value is -1.27. The number of nitrogens with one attached hydrogen (secondary N) is 2. The number of nitrogens with zero attached hydrogens (tertiary/aromatic N) is 1. The van der Waals surface area contributed by atoms with Crippen LogP contribution in [-0.4, -0.2) is 42.7 Å². The van der Waals surface area contributed by atoms with Gasteiger partial charge in [0, 0.05) is 37.1 Å². The molecular weight excluding hydrogens is 349 g/mol. The average molecular weight is 372 g/mol. The second-order valence-corrected chi connectivity index (χ2v) is 6.11. The second-order valence-electron chi connectivity index (χ2n) is 6.11. The summed E-state index contributed by atoms with van der Waals surface area (Å²) in [6, 6.07) is 6.42. The molecule has 1 saturated heterocycles. The molecule has 1 aromatic heterocycles. The number of hydrogen-bond donors (Lipinski definition) is 2. The van der Waals surface area contributed by atoms with Crippen LogP contribution in [0.1, 0.15) is 17.5 Å². The molecule has 2 N–H and O–H groups in total. The van der Waals surface area contributed by atoms with Crippen molar-refractivity contribution in [2.24, 2.45) is 0 Å². The van der Waals surface area contributed by atoms with Gasteiger partial charge in [-0.15, -0.1) is 24.8 Å². The number of halogens is 2. The van der Waals surface area contributed by atoms with Crippen molar-refractivity contribution in [1.29, 1.82) is 0 Å². The van der Waals surface area contributed by atoms with Gasteiger partial charge in [-0.1, -0.05) is 12.1 Å². The van der Waals surface area contributed by atoms with Crippen LogP contribution in [0.25, 0.3) is 10.9 Å². The summed E-state index contributed by atoms with van der Waals surface area (Å²) in [4.78, 5) is 17.7. The Morgan fingerprint density at radius 2 is 1.96 bits per heavy atom. The van der Waals surface area contributed by atoms with Gasteiger partial charge in [-0.25, -0.2) is 0 Å². The highest BCUT2D eigenvalue weighted by molar-refractivity contribution is 5.93. The number of H-pyrrole nitrogens is 1. The molecule has 5 nitrogen and oxygen atoms in total. The van der Waals surface area contributed by atoms with E-state index in [1.54, 1.807) is 0 Å². The molecule has 0 bridgehead atoms. The van der Waals surface area contributed by atoms with Gasteiger partial charge < -0.3 is 15.0 Å². The Labute approximate surface area is 153 Å². The van der Waals surface area contributed by atoms with Crippen molar-refractivity contribution in [2.75, 3.05) is 38.2 Å². The number of rotatable bonds is 2. The van der Waals surface area contributed by atoms with Gasteiger partial charge in [0.25, 0.3) is 5.56 Å². The molecule has 1 aromatic carbocycles. The topological polar surface area (TPSA) is 57.4 Å². The lowest BCUT2D eigenvalue weighted by Gasteiger charge is -2.26. The third kappa shape index (κ3) is 3.70. The maximum Gasteiger partial charge on any atom is 0.253 e. The minimum atomic E-state index is 0. The Kier molecular flexibility index (Phi) is 6.52. The molecule has 7 heteroatoms. The summed E-state index contributed by atoms with van der Waals surface area (Å²) in [6.07, 6.45) is 1.89. The monoisotopic (exact) mass is 371 g/mol. The predicted octanol–water partition coefficient (Wildman–Crippen LogP) is 2.56. The minimum Gasteiger partial charge on any atom is -0.384 e. The molecule has 24 heavy (non-hydrogen) atoms. The van der Waals surface area contributed by atoms with Crippen molar-refractivity contribution in [3.05, 3.63) is 39.7 Å². The third-order valence-electron chi connectivity index (χ3n) is 4.59. The number of anilines is 1. The molecule has 0 atom stereocenters. The van der Waals surface area contributed by atoms with E-state index in [1.807, 2.05) is 0 Å². The second kappa shape index (κ2) is 8.21. The summed E-state index contributed by atoms with van der Waals surface area (Å²) in [5, 5.41) is 4.53. The molecule has 4 rings (SSSR count). The number of fused-ring (bicyclic) bond motifs is 3. The molecule has 0 amide bonds. The van der Waals surface area contributed by atoms with Crippen molar-refractivity contribution in [3.63, 3.8) is 0 Å². The van der Waals surface area contributed by atoms with Crippen LogP contribution in [0.2, 0.25) is 0 Å². The van der Waals surface area contributed by atoms with Crippen molar-refractivity contribution in [2.45, 2.75) is 19.4 Å². The first-order valence-electron chi connectivity index (χ1n) is 8.03. The third-order valence-corrected chi connectivity index (χ3v) is 4.59. The molecule has 132 valence electrons. The number of ether oxygens (including phenoxy) is 1. The minimum absolute atomic E-state index is 0. The Bertz CT molecular complexity index is 757. The van der Waals surface area contributed by atoms with E-state index in [0.717, 1.165) is 74.4 Å². The molecule has 0 saturated carbocycles. The van der Waals surface area contributed by atoms with Gasteiger partial charge in [0.1, 0.15) is 0 Å².